The minimum Gasteiger partial charge on any atom is -0.258 e. The molecule has 0 amide bonds. The SMILES string of the molecule is O=[N+]([O-])c1ccc(Cl)c(-c2nn3cc(-c4ccc(Br)cc4)nc3s2)c1. The normalized spacial score (nSPS) is 11.1. The van der Waals surface area contributed by atoms with Gasteiger partial charge in [-0.1, -0.05) is 51.0 Å². The molecule has 0 saturated carbocycles. The van der Waals surface area contributed by atoms with Crippen LogP contribution in [-0.4, -0.2) is 19.5 Å². The summed E-state index contributed by atoms with van der Waals surface area (Å²) in [6.45, 7) is 0. The topological polar surface area (TPSA) is 73.3 Å². The van der Waals surface area contributed by atoms with Gasteiger partial charge in [0.05, 0.1) is 21.8 Å². The molecular formula is C16H8BrClN4O2S. The first-order valence-corrected chi connectivity index (χ1v) is 9.06. The molecule has 0 fully saturated rings. The average Bonchev–Trinajstić information content (AvgIpc) is 3.14. The van der Waals surface area contributed by atoms with Crippen molar-refractivity contribution in [3.63, 3.8) is 0 Å². The number of fused-ring (bicyclic) bond motifs is 1. The van der Waals surface area contributed by atoms with Crippen LogP contribution in [0, 0.1) is 10.1 Å². The van der Waals surface area contributed by atoms with Crippen LogP contribution in [0.25, 0.3) is 26.8 Å². The fraction of sp³-hybridized carbons (Fsp3) is 0. The Morgan fingerprint density at radius 1 is 1.20 bits per heavy atom. The van der Waals surface area contributed by atoms with Crippen LogP contribution in [0.5, 0.6) is 0 Å². The molecule has 0 N–H and O–H groups in total. The molecule has 0 aliphatic carbocycles. The van der Waals surface area contributed by atoms with Gasteiger partial charge in [-0.05, 0) is 18.2 Å². The summed E-state index contributed by atoms with van der Waals surface area (Å²) >= 11 is 10.9. The summed E-state index contributed by atoms with van der Waals surface area (Å²) in [6, 6.07) is 12.1. The number of nitro groups is 1. The van der Waals surface area contributed by atoms with Crippen molar-refractivity contribution in [2.75, 3.05) is 0 Å². The number of benzene rings is 2. The molecule has 0 bridgehead atoms. The number of imidazole rings is 1. The van der Waals surface area contributed by atoms with Gasteiger partial charge < -0.3 is 0 Å². The Bertz CT molecular complexity index is 1080. The Morgan fingerprint density at radius 3 is 2.64 bits per heavy atom. The van der Waals surface area contributed by atoms with E-state index in [1.165, 1.54) is 29.5 Å². The van der Waals surface area contributed by atoms with Crippen LogP contribution in [0.3, 0.4) is 0 Å². The van der Waals surface area contributed by atoms with Gasteiger partial charge in [-0.25, -0.2) is 9.50 Å². The van der Waals surface area contributed by atoms with Gasteiger partial charge in [0.15, 0.2) is 0 Å². The zero-order valence-corrected chi connectivity index (χ0v) is 15.5. The first-order chi connectivity index (χ1) is 12.0. The second kappa shape index (κ2) is 6.21. The zero-order valence-electron chi connectivity index (χ0n) is 12.4. The van der Waals surface area contributed by atoms with Crippen molar-refractivity contribution in [1.29, 1.82) is 0 Å². The third-order valence-corrected chi connectivity index (χ3v) is 5.39. The molecule has 2 heterocycles. The molecule has 124 valence electrons. The fourth-order valence-electron chi connectivity index (χ4n) is 2.36. The smallest absolute Gasteiger partial charge is 0.258 e. The van der Waals surface area contributed by atoms with Gasteiger partial charge in [-0.3, -0.25) is 10.1 Å². The molecule has 4 aromatic rings. The number of aromatic nitrogens is 3. The number of hydrogen-bond acceptors (Lipinski definition) is 5. The Kier molecular flexibility index (Phi) is 4.03. The molecule has 2 aromatic carbocycles. The van der Waals surface area contributed by atoms with E-state index in [-0.39, 0.29) is 5.69 Å². The van der Waals surface area contributed by atoms with Crippen LogP contribution in [0.15, 0.2) is 53.1 Å². The lowest BCUT2D eigenvalue weighted by Gasteiger charge is -1.99. The van der Waals surface area contributed by atoms with Crippen molar-refractivity contribution in [1.82, 2.24) is 14.6 Å². The van der Waals surface area contributed by atoms with Gasteiger partial charge in [0.25, 0.3) is 5.69 Å². The number of rotatable bonds is 3. The molecule has 2 aromatic heterocycles. The van der Waals surface area contributed by atoms with Crippen molar-refractivity contribution in [3.8, 4) is 21.8 Å². The van der Waals surface area contributed by atoms with E-state index in [2.05, 4.69) is 26.0 Å². The largest absolute Gasteiger partial charge is 0.270 e. The van der Waals surface area contributed by atoms with Gasteiger partial charge in [0.1, 0.15) is 5.01 Å². The molecule has 0 radical (unpaired) electrons. The van der Waals surface area contributed by atoms with Crippen molar-refractivity contribution in [3.05, 3.63) is 68.3 Å². The Balaban J connectivity index is 1.76. The van der Waals surface area contributed by atoms with E-state index in [0.717, 1.165) is 15.7 Å². The lowest BCUT2D eigenvalue weighted by atomic mass is 10.2. The van der Waals surface area contributed by atoms with Gasteiger partial charge in [0, 0.05) is 27.7 Å². The summed E-state index contributed by atoms with van der Waals surface area (Å²) in [5, 5.41) is 16.4. The highest BCUT2D eigenvalue weighted by Gasteiger charge is 2.16. The maximum absolute atomic E-state index is 11.0. The van der Waals surface area contributed by atoms with Crippen molar-refractivity contribution in [2.24, 2.45) is 0 Å². The molecule has 25 heavy (non-hydrogen) atoms. The fourth-order valence-corrected chi connectivity index (χ4v) is 3.80. The van der Waals surface area contributed by atoms with Crippen LogP contribution in [0.1, 0.15) is 0 Å². The number of hydrogen-bond donors (Lipinski definition) is 0. The standard InChI is InChI=1S/C16H8BrClN4O2S/c17-10-3-1-9(2-4-10)14-8-21-16(19-14)25-15(20-21)12-7-11(22(23)24)5-6-13(12)18/h1-8H. The van der Waals surface area contributed by atoms with Crippen molar-refractivity contribution in [2.45, 2.75) is 0 Å². The molecule has 6 nitrogen and oxygen atoms in total. The average molecular weight is 436 g/mol. The molecule has 0 unspecified atom stereocenters. The summed E-state index contributed by atoms with van der Waals surface area (Å²) in [5.41, 5.74) is 2.29. The third kappa shape index (κ3) is 3.04. The van der Waals surface area contributed by atoms with Crippen LogP contribution >= 0.6 is 38.9 Å². The Hall–Kier alpha value is -2.29. The molecule has 9 heteroatoms. The van der Waals surface area contributed by atoms with Crippen LogP contribution < -0.4 is 0 Å². The number of non-ortho nitro benzene ring substituents is 1. The lowest BCUT2D eigenvalue weighted by molar-refractivity contribution is -0.384. The Labute approximate surface area is 159 Å². The highest BCUT2D eigenvalue weighted by molar-refractivity contribution is 9.10. The second-order valence-electron chi connectivity index (χ2n) is 5.19. The van der Waals surface area contributed by atoms with E-state index in [0.29, 0.717) is 20.6 Å². The summed E-state index contributed by atoms with van der Waals surface area (Å²) in [6.07, 6.45) is 1.82. The lowest BCUT2D eigenvalue weighted by Crippen LogP contribution is -1.89. The van der Waals surface area contributed by atoms with Crippen molar-refractivity contribution >= 4 is 49.5 Å². The summed E-state index contributed by atoms with van der Waals surface area (Å²) in [4.78, 5) is 15.8. The highest BCUT2D eigenvalue weighted by Crippen LogP contribution is 2.34. The van der Waals surface area contributed by atoms with E-state index in [1.807, 2.05) is 30.5 Å². The maximum atomic E-state index is 11.0. The van der Waals surface area contributed by atoms with E-state index in [9.17, 15) is 10.1 Å². The number of nitro benzene ring substituents is 1. The quantitative estimate of drug-likeness (QED) is 0.317. The van der Waals surface area contributed by atoms with E-state index < -0.39 is 4.92 Å². The molecule has 0 atom stereocenters. The van der Waals surface area contributed by atoms with Crippen LogP contribution in [0.4, 0.5) is 5.69 Å². The molecular weight excluding hydrogens is 428 g/mol. The number of nitrogens with zero attached hydrogens (tertiary/aromatic N) is 4. The monoisotopic (exact) mass is 434 g/mol. The third-order valence-electron chi connectivity index (χ3n) is 3.57. The molecule has 0 aliphatic heterocycles. The van der Waals surface area contributed by atoms with Gasteiger partial charge >= 0.3 is 0 Å². The molecule has 0 aliphatic rings. The Morgan fingerprint density at radius 2 is 1.96 bits per heavy atom. The van der Waals surface area contributed by atoms with E-state index in [4.69, 9.17) is 11.6 Å². The molecule has 4 rings (SSSR count). The number of halogens is 2. The zero-order chi connectivity index (χ0) is 17.6. The maximum Gasteiger partial charge on any atom is 0.270 e. The first-order valence-electron chi connectivity index (χ1n) is 7.08. The minimum atomic E-state index is -0.454. The van der Waals surface area contributed by atoms with Crippen LogP contribution in [-0.2, 0) is 0 Å². The predicted octanol–water partition coefficient (Wildman–Crippen LogP) is 5.45. The van der Waals surface area contributed by atoms with Gasteiger partial charge in [-0.15, -0.1) is 0 Å². The van der Waals surface area contributed by atoms with E-state index >= 15 is 0 Å². The second-order valence-corrected chi connectivity index (χ2v) is 7.47. The summed E-state index contributed by atoms with van der Waals surface area (Å²) in [7, 11) is 0. The van der Waals surface area contributed by atoms with Crippen LogP contribution in [0.2, 0.25) is 5.02 Å². The van der Waals surface area contributed by atoms with Crippen molar-refractivity contribution < 1.29 is 4.92 Å². The predicted molar refractivity (Wildman–Crippen MR) is 101 cm³/mol. The molecule has 0 saturated heterocycles. The minimum absolute atomic E-state index is 0.0252. The van der Waals surface area contributed by atoms with E-state index in [1.54, 1.807) is 4.52 Å². The summed E-state index contributed by atoms with van der Waals surface area (Å²) < 4.78 is 2.66. The summed E-state index contributed by atoms with van der Waals surface area (Å²) in [5.74, 6) is 0. The first kappa shape index (κ1) is 16.2. The van der Waals surface area contributed by atoms with Gasteiger partial charge in [0.2, 0.25) is 4.96 Å². The highest BCUT2D eigenvalue weighted by atomic mass is 79.9. The van der Waals surface area contributed by atoms with Gasteiger partial charge in [-0.2, -0.15) is 5.10 Å². The molecule has 0 spiro atoms.